The van der Waals surface area contributed by atoms with Crippen LogP contribution in [-0.4, -0.2) is 55.4 Å². The molecular weight excluding hydrogens is 306 g/mol. The molecule has 2 aliphatic heterocycles. The number of likely N-dealkylation sites (tertiary alicyclic amines) is 1. The van der Waals surface area contributed by atoms with Gasteiger partial charge in [0.15, 0.2) is 0 Å². The highest BCUT2D eigenvalue weighted by molar-refractivity contribution is 6.30. The van der Waals surface area contributed by atoms with Gasteiger partial charge >= 0.3 is 5.97 Å². The molecule has 0 amide bonds. The number of aliphatic carboxylic acids is 1. The summed E-state index contributed by atoms with van der Waals surface area (Å²) in [4.78, 5) is 13.9. The summed E-state index contributed by atoms with van der Waals surface area (Å²) in [6.07, 6.45) is 0.820. The topological polar surface area (TPSA) is 59.0 Å². The minimum Gasteiger partial charge on any atom is -0.492 e. The Hall–Kier alpha value is -1.30. The van der Waals surface area contributed by atoms with Crippen LogP contribution >= 0.6 is 11.6 Å². The SMILES string of the molecule is O=C(O)[C@]12COCC[C@H]1CN(CCOc1ccc(Cl)cc1)C2. The Labute approximate surface area is 134 Å². The third kappa shape index (κ3) is 3.07. The highest BCUT2D eigenvalue weighted by Gasteiger charge is 2.53. The largest absolute Gasteiger partial charge is 0.492 e. The number of nitrogens with zero attached hydrogens (tertiary/aromatic N) is 1. The van der Waals surface area contributed by atoms with Crippen molar-refractivity contribution >= 4 is 17.6 Å². The fourth-order valence-corrected chi connectivity index (χ4v) is 3.51. The van der Waals surface area contributed by atoms with Crippen molar-refractivity contribution in [2.75, 3.05) is 39.5 Å². The van der Waals surface area contributed by atoms with Crippen LogP contribution in [0.15, 0.2) is 24.3 Å². The summed E-state index contributed by atoms with van der Waals surface area (Å²) >= 11 is 5.83. The van der Waals surface area contributed by atoms with Crippen LogP contribution in [0.3, 0.4) is 0 Å². The van der Waals surface area contributed by atoms with Crippen molar-refractivity contribution in [3.05, 3.63) is 29.3 Å². The average Bonchev–Trinajstić information content (AvgIpc) is 2.89. The minimum atomic E-state index is -0.738. The molecule has 1 N–H and O–H groups in total. The maximum Gasteiger partial charge on any atom is 0.313 e. The van der Waals surface area contributed by atoms with Gasteiger partial charge in [-0.25, -0.2) is 0 Å². The van der Waals surface area contributed by atoms with E-state index in [0.717, 1.165) is 18.7 Å². The molecule has 2 heterocycles. The predicted molar refractivity (Wildman–Crippen MR) is 82.4 cm³/mol. The van der Waals surface area contributed by atoms with E-state index in [2.05, 4.69) is 4.90 Å². The molecule has 0 bridgehead atoms. The molecule has 0 aliphatic carbocycles. The fraction of sp³-hybridized carbons (Fsp3) is 0.562. The van der Waals surface area contributed by atoms with Gasteiger partial charge in [0.05, 0.1) is 6.61 Å². The second-order valence-electron chi connectivity index (χ2n) is 6.04. The standard InChI is InChI=1S/C16H20ClNO4/c17-13-1-3-14(4-2-13)22-8-6-18-9-12-5-7-21-11-16(12,10-18)15(19)20/h1-4,12H,5-11H2,(H,19,20)/t12-,16+/m0/s1. The Morgan fingerprint density at radius 2 is 2.23 bits per heavy atom. The van der Waals surface area contributed by atoms with E-state index in [-0.39, 0.29) is 5.92 Å². The molecule has 2 fully saturated rings. The fourth-order valence-electron chi connectivity index (χ4n) is 3.39. The Morgan fingerprint density at radius 3 is 2.91 bits per heavy atom. The number of halogens is 1. The van der Waals surface area contributed by atoms with Gasteiger partial charge in [-0.05, 0) is 36.6 Å². The van der Waals surface area contributed by atoms with Crippen molar-refractivity contribution in [3.63, 3.8) is 0 Å². The monoisotopic (exact) mass is 325 g/mol. The molecule has 120 valence electrons. The van der Waals surface area contributed by atoms with Gasteiger partial charge in [0.2, 0.25) is 0 Å². The van der Waals surface area contributed by atoms with Crippen LogP contribution in [0, 0.1) is 11.3 Å². The molecule has 0 saturated carbocycles. The quantitative estimate of drug-likeness (QED) is 0.899. The third-order valence-electron chi connectivity index (χ3n) is 4.65. The Kier molecular flexibility index (Phi) is 4.57. The molecule has 2 saturated heterocycles. The molecule has 22 heavy (non-hydrogen) atoms. The van der Waals surface area contributed by atoms with E-state index in [4.69, 9.17) is 21.1 Å². The van der Waals surface area contributed by atoms with Crippen LogP contribution < -0.4 is 4.74 Å². The van der Waals surface area contributed by atoms with Gasteiger partial charge < -0.3 is 14.6 Å². The van der Waals surface area contributed by atoms with Crippen molar-refractivity contribution < 1.29 is 19.4 Å². The van der Waals surface area contributed by atoms with Crippen molar-refractivity contribution in [1.82, 2.24) is 4.90 Å². The van der Waals surface area contributed by atoms with Crippen LogP contribution in [-0.2, 0) is 9.53 Å². The highest BCUT2D eigenvalue weighted by Crippen LogP contribution is 2.41. The van der Waals surface area contributed by atoms with Gasteiger partial charge in [-0.2, -0.15) is 0 Å². The molecule has 2 aliphatic rings. The normalized spacial score (nSPS) is 28.3. The first-order valence-electron chi connectivity index (χ1n) is 7.52. The van der Waals surface area contributed by atoms with E-state index in [1.165, 1.54) is 0 Å². The summed E-state index contributed by atoms with van der Waals surface area (Å²) in [6.45, 7) is 3.58. The Morgan fingerprint density at radius 1 is 1.45 bits per heavy atom. The minimum absolute atomic E-state index is 0.175. The number of ether oxygens (including phenoxy) is 2. The molecular formula is C16H20ClNO4. The van der Waals surface area contributed by atoms with E-state index >= 15 is 0 Å². The van der Waals surface area contributed by atoms with Crippen molar-refractivity contribution in [3.8, 4) is 5.75 Å². The number of carbonyl (C=O) groups is 1. The first-order chi connectivity index (χ1) is 10.6. The first-order valence-corrected chi connectivity index (χ1v) is 7.90. The van der Waals surface area contributed by atoms with Crippen molar-refractivity contribution in [2.45, 2.75) is 6.42 Å². The van der Waals surface area contributed by atoms with Crippen LogP contribution in [0.1, 0.15) is 6.42 Å². The molecule has 0 unspecified atom stereocenters. The zero-order chi connectivity index (χ0) is 15.6. The molecule has 5 nitrogen and oxygen atoms in total. The van der Waals surface area contributed by atoms with Crippen LogP contribution in [0.25, 0.3) is 0 Å². The van der Waals surface area contributed by atoms with Crippen molar-refractivity contribution in [1.29, 1.82) is 0 Å². The molecule has 0 spiro atoms. The maximum absolute atomic E-state index is 11.7. The second kappa shape index (κ2) is 6.44. The Bertz CT molecular complexity index is 535. The number of hydrogen-bond acceptors (Lipinski definition) is 4. The average molecular weight is 326 g/mol. The highest BCUT2D eigenvalue weighted by atomic mass is 35.5. The van der Waals surface area contributed by atoms with Gasteiger partial charge in [0.1, 0.15) is 17.8 Å². The zero-order valence-electron chi connectivity index (χ0n) is 12.3. The molecule has 6 heteroatoms. The number of rotatable bonds is 5. The second-order valence-corrected chi connectivity index (χ2v) is 6.47. The smallest absolute Gasteiger partial charge is 0.313 e. The first kappa shape index (κ1) is 15.6. The number of carboxylic acid groups (broad SMARTS) is 1. The molecule has 1 aromatic rings. The third-order valence-corrected chi connectivity index (χ3v) is 4.90. The predicted octanol–water partition coefficient (Wildman–Crippen LogP) is 2.14. The Balaban J connectivity index is 1.54. The van der Waals surface area contributed by atoms with Gasteiger partial charge in [-0.15, -0.1) is 0 Å². The molecule has 0 radical (unpaired) electrons. The van der Waals surface area contributed by atoms with Gasteiger partial charge in [0, 0.05) is 31.3 Å². The van der Waals surface area contributed by atoms with E-state index in [1.807, 2.05) is 12.1 Å². The lowest BCUT2D eigenvalue weighted by molar-refractivity contribution is -0.159. The summed E-state index contributed by atoms with van der Waals surface area (Å²) < 4.78 is 11.1. The van der Waals surface area contributed by atoms with Crippen LogP contribution in [0.5, 0.6) is 5.75 Å². The number of hydrogen-bond donors (Lipinski definition) is 1. The van der Waals surface area contributed by atoms with Gasteiger partial charge in [0.25, 0.3) is 0 Å². The lowest BCUT2D eigenvalue weighted by Crippen LogP contribution is -2.46. The summed E-state index contributed by atoms with van der Waals surface area (Å²) in [7, 11) is 0. The summed E-state index contributed by atoms with van der Waals surface area (Å²) in [5.74, 6) is 0.213. The number of fused-ring (bicyclic) bond motifs is 1. The summed E-state index contributed by atoms with van der Waals surface area (Å²) in [5.41, 5.74) is -0.738. The van der Waals surface area contributed by atoms with Gasteiger partial charge in [-0.1, -0.05) is 11.6 Å². The summed E-state index contributed by atoms with van der Waals surface area (Å²) in [6, 6.07) is 7.24. The molecule has 0 aromatic heterocycles. The lowest BCUT2D eigenvalue weighted by Gasteiger charge is -2.34. The van der Waals surface area contributed by atoms with Crippen LogP contribution in [0.2, 0.25) is 5.02 Å². The van der Waals surface area contributed by atoms with Gasteiger partial charge in [-0.3, -0.25) is 9.69 Å². The lowest BCUT2D eigenvalue weighted by atomic mass is 9.76. The molecule has 1 aromatic carbocycles. The number of benzene rings is 1. The molecule has 2 atom stereocenters. The summed E-state index contributed by atoms with van der Waals surface area (Å²) in [5, 5.41) is 10.3. The van der Waals surface area contributed by atoms with Crippen molar-refractivity contribution in [2.24, 2.45) is 11.3 Å². The van der Waals surface area contributed by atoms with Crippen LogP contribution in [0.4, 0.5) is 0 Å². The zero-order valence-corrected chi connectivity index (χ0v) is 13.1. The maximum atomic E-state index is 11.7. The van der Waals surface area contributed by atoms with E-state index in [0.29, 0.717) is 37.9 Å². The van der Waals surface area contributed by atoms with E-state index in [1.54, 1.807) is 12.1 Å². The molecule has 3 rings (SSSR count). The van der Waals surface area contributed by atoms with E-state index in [9.17, 15) is 9.90 Å². The van der Waals surface area contributed by atoms with E-state index < -0.39 is 11.4 Å². The number of carboxylic acids is 1.